The van der Waals surface area contributed by atoms with Crippen LogP contribution >= 0.6 is 0 Å². The maximum atomic E-state index is 3.73. The van der Waals surface area contributed by atoms with Gasteiger partial charge in [-0.3, -0.25) is 0 Å². The number of fused-ring (bicyclic) bond motifs is 2. The normalized spacial score (nSPS) is 41.0. The Labute approximate surface area is 62.6 Å². The van der Waals surface area contributed by atoms with Gasteiger partial charge in [-0.2, -0.15) is 0 Å². The van der Waals surface area contributed by atoms with Gasteiger partial charge in [-0.1, -0.05) is 24.3 Å². The Morgan fingerprint density at radius 2 is 2.30 bits per heavy atom. The molecular formula is C10H14. The van der Waals surface area contributed by atoms with Crippen LogP contribution in [0.3, 0.4) is 0 Å². The number of allylic oxidation sites excluding steroid dienone is 3. The van der Waals surface area contributed by atoms with Crippen LogP contribution in [0.4, 0.5) is 0 Å². The molecule has 2 fully saturated rings. The molecule has 0 aromatic carbocycles. The minimum absolute atomic E-state index is 0.947. The summed E-state index contributed by atoms with van der Waals surface area (Å²) in [5, 5.41) is 0. The quantitative estimate of drug-likeness (QED) is 0.517. The number of rotatable bonds is 1. The van der Waals surface area contributed by atoms with Crippen molar-refractivity contribution in [3.63, 3.8) is 0 Å². The molecule has 54 valence electrons. The van der Waals surface area contributed by atoms with Gasteiger partial charge in [-0.15, -0.1) is 0 Å². The van der Waals surface area contributed by atoms with Gasteiger partial charge in [0.1, 0.15) is 0 Å². The molecule has 0 aromatic heterocycles. The molecule has 0 heteroatoms. The number of hydrogen-bond acceptors (Lipinski definition) is 0. The van der Waals surface area contributed by atoms with Gasteiger partial charge in [-0.05, 0) is 37.5 Å². The van der Waals surface area contributed by atoms with Gasteiger partial charge in [-0.25, -0.2) is 0 Å². The van der Waals surface area contributed by atoms with Crippen LogP contribution in [0.1, 0.15) is 25.7 Å². The fraction of sp³-hybridized carbons (Fsp3) is 0.600. The molecule has 0 N–H and O–H groups in total. The molecule has 0 aromatic rings. The Bertz CT molecular complexity index is 176. The molecule has 2 rings (SSSR count). The van der Waals surface area contributed by atoms with E-state index in [0.29, 0.717) is 0 Å². The summed E-state index contributed by atoms with van der Waals surface area (Å²) in [6, 6.07) is 0. The summed E-state index contributed by atoms with van der Waals surface area (Å²) in [5.74, 6) is 1.99. The van der Waals surface area contributed by atoms with E-state index < -0.39 is 0 Å². The first-order valence-corrected chi connectivity index (χ1v) is 4.21. The van der Waals surface area contributed by atoms with E-state index in [9.17, 15) is 0 Å². The predicted molar refractivity (Wildman–Crippen MR) is 43.7 cm³/mol. The van der Waals surface area contributed by atoms with Crippen LogP contribution in [-0.2, 0) is 0 Å². The molecule has 2 atom stereocenters. The van der Waals surface area contributed by atoms with E-state index in [1.165, 1.54) is 25.7 Å². The third-order valence-electron chi connectivity index (χ3n) is 2.92. The molecule has 0 radical (unpaired) electrons. The average molecular weight is 134 g/mol. The Kier molecular flexibility index (Phi) is 1.40. The minimum atomic E-state index is 0.947. The lowest BCUT2D eigenvalue weighted by Gasteiger charge is -2.11. The molecule has 0 amide bonds. The van der Waals surface area contributed by atoms with Crippen molar-refractivity contribution < 1.29 is 0 Å². The Hall–Kier alpha value is -0.520. The fourth-order valence-electron chi connectivity index (χ4n) is 2.45. The van der Waals surface area contributed by atoms with Crippen molar-refractivity contribution in [3.8, 4) is 0 Å². The van der Waals surface area contributed by atoms with Crippen LogP contribution in [0, 0.1) is 11.8 Å². The highest BCUT2D eigenvalue weighted by Gasteiger charge is 2.34. The summed E-state index contributed by atoms with van der Waals surface area (Å²) in [5.41, 5.74) is 1.67. The molecule has 10 heavy (non-hydrogen) atoms. The largest absolute Gasteiger partial charge is 0.0991 e. The zero-order valence-corrected chi connectivity index (χ0v) is 6.34. The lowest BCUT2D eigenvalue weighted by atomic mass is 9.95. The SMILES string of the molecule is C=CC=C1CC2CCC1C2. The van der Waals surface area contributed by atoms with Crippen LogP contribution in [0.5, 0.6) is 0 Å². The van der Waals surface area contributed by atoms with Crippen molar-refractivity contribution >= 4 is 0 Å². The van der Waals surface area contributed by atoms with E-state index in [1.54, 1.807) is 5.57 Å². The second-order valence-corrected chi connectivity index (χ2v) is 3.56. The zero-order chi connectivity index (χ0) is 6.97. The highest BCUT2D eigenvalue weighted by atomic mass is 14.4. The Balaban J connectivity index is 2.15. The summed E-state index contributed by atoms with van der Waals surface area (Å²) in [4.78, 5) is 0. The summed E-state index contributed by atoms with van der Waals surface area (Å²) in [6.07, 6.45) is 9.94. The average Bonchev–Trinajstić information content (AvgIpc) is 2.48. The predicted octanol–water partition coefficient (Wildman–Crippen LogP) is 2.92. The molecule has 0 saturated heterocycles. The second kappa shape index (κ2) is 2.26. The topological polar surface area (TPSA) is 0 Å². The molecule has 0 spiro atoms. The van der Waals surface area contributed by atoms with E-state index in [0.717, 1.165) is 11.8 Å². The van der Waals surface area contributed by atoms with Gasteiger partial charge in [0.15, 0.2) is 0 Å². The summed E-state index contributed by atoms with van der Waals surface area (Å²) < 4.78 is 0. The lowest BCUT2D eigenvalue weighted by molar-refractivity contribution is 0.561. The summed E-state index contributed by atoms with van der Waals surface area (Å²) in [7, 11) is 0. The highest BCUT2D eigenvalue weighted by Crippen LogP contribution is 2.47. The molecule has 0 aliphatic heterocycles. The third-order valence-corrected chi connectivity index (χ3v) is 2.92. The summed E-state index contributed by atoms with van der Waals surface area (Å²) in [6.45, 7) is 3.73. The van der Waals surface area contributed by atoms with Crippen molar-refractivity contribution in [3.05, 3.63) is 24.3 Å². The molecule has 2 aliphatic rings. The highest BCUT2D eigenvalue weighted by molar-refractivity contribution is 5.20. The van der Waals surface area contributed by atoms with Crippen molar-refractivity contribution in [1.82, 2.24) is 0 Å². The van der Waals surface area contributed by atoms with Crippen LogP contribution in [0.15, 0.2) is 24.3 Å². The molecule has 2 bridgehead atoms. The Morgan fingerprint density at radius 3 is 2.80 bits per heavy atom. The van der Waals surface area contributed by atoms with E-state index in [-0.39, 0.29) is 0 Å². The molecule has 2 saturated carbocycles. The van der Waals surface area contributed by atoms with Gasteiger partial charge in [0.05, 0.1) is 0 Å². The first kappa shape index (κ1) is 6.21. The van der Waals surface area contributed by atoms with Gasteiger partial charge in [0.25, 0.3) is 0 Å². The molecule has 2 aliphatic carbocycles. The van der Waals surface area contributed by atoms with Gasteiger partial charge in [0, 0.05) is 0 Å². The molecular weight excluding hydrogens is 120 g/mol. The standard InChI is InChI=1S/C10H14/c1-2-3-9-6-8-4-5-10(9)7-8/h2-3,8,10H,1,4-7H2. The van der Waals surface area contributed by atoms with Crippen molar-refractivity contribution in [1.29, 1.82) is 0 Å². The first-order valence-electron chi connectivity index (χ1n) is 4.21. The van der Waals surface area contributed by atoms with Gasteiger partial charge >= 0.3 is 0 Å². The molecule has 0 nitrogen and oxygen atoms in total. The zero-order valence-electron chi connectivity index (χ0n) is 6.34. The van der Waals surface area contributed by atoms with Crippen LogP contribution in [0.25, 0.3) is 0 Å². The van der Waals surface area contributed by atoms with Gasteiger partial charge in [0.2, 0.25) is 0 Å². The van der Waals surface area contributed by atoms with Crippen LogP contribution in [0.2, 0.25) is 0 Å². The molecule has 0 heterocycles. The maximum Gasteiger partial charge on any atom is -0.0197 e. The second-order valence-electron chi connectivity index (χ2n) is 3.56. The van der Waals surface area contributed by atoms with E-state index >= 15 is 0 Å². The maximum absolute atomic E-state index is 3.73. The van der Waals surface area contributed by atoms with Crippen LogP contribution in [-0.4, -0.2) is 0 Å². The summed E-state index contributed by atoms with van der Waals surface area (Å²) >= 11 is 0. The van der Waals surface area contributed by atoms with E-state index in [2.05, 4.69) is 12.7 Å². The smallest absolute Gasteiger partial charge is 0.0197 e. The van der Waals surface area contributed by atoms with Gasteiger partial charge < -0.3 is 0 Å². The van der Waals surface area contributed by atoms with Crippen molar-refractivity contribution in [2.24, 2.45) is 11.8 Å². The minimum Gasteiger partial charge on any atom is -0.0991 e. The van der Waals surface area contributed by atoms with Crippen LogP contribution < -0.4 is 0 Å². The monoisotopic (exact) mass is 134 g/mol. The van der Waals surface area contributed by atoms with E-state index in [1.807, 2.05) is 6.08 Å². The lowest BCUT2D eigenvalue weighted by Crippen LogP contribution is -1.96. The Morgan fingerprint density at radius 1 is 1.40 bits per heavy atom. The number of hydrogen-bond donors (Lipinski definition) is 0. The van der Waals surface area contributed by atoms with Crippen molar-refractivity contribution in [2.75, 3.05) is 0 Å². The first-order chi connectivity index (χ1) is 4.90. The van der Waals surface area contributed by atoms with E-state index in [4.69, 9.17) is 0 Å². The van der Waals surface area contributed by atoms with Crippen molar-refractivity contribution in [2.45, 2.75) is 25.7 Å². The third kappa shape index (κ3) is 0.828. The molecule has 2 unspecified atom stereocenters. The fourth-order valence-corrected chi connectivity index (χ4v) is 2.45.